The van der Waals surface area contributed by atoms with Crippen LogP contribution < -0.4 is 5.32 Å². The summed E-state index contributed by atoms with van der Waals surface area (Å²) in [5.41, 5.74) is 0. The van der Waals surface area contributed by atoms with Crippen molar-refractivity contribution in [2.45, 2.75) is 117 Å². The van der Waals surface area contributed by atoms with Gasteiger partial charge in [-0.15, -0.1) is 0 Å². The van der Waals surface area contributed by atoms with Gasteiger partial charge in [-0.3, -0.25) is 9.59 Å². The third-order valence-electron chi connectivity index (χ3n) is 4.40. The van der Waals surface area contributed by atoms with Crippen molar-refractivity contribution in [3.8, 4) is 0 Å². The Bertz CT molecular complexity index is 331. The third kappa shape index (κ3) is 14.5. The van der Waals surface area contributed by atoms with Crippen molar-refractivity contribution >= 4 is 11.9 Å². The van der Waals surface area contributed by atoms with Crippen molar-refractivity contribution in [2.24, 2.45) is 0 Å². The summed E-state index contributed by atoms with van der Waals surface area (Å²) in [5, 5.41) is 2.82. The first-order valence-electron chi connectivity index (χ1n) is 9.91. The maximum atomic E-state index is 11.2. The predicted molar refractivity (Wildman–Crippen MR) is 99.9 cm³/mol. The van der Waals surface area contributed by atoms with Crippen molar-refractivity contribution in [2.75, 3.05) is 0 Å². The fourth-order valence-corrected chi connectivity index (χ4v) is 3.05. The van der Waals surface area contributed by atoms with E-state index in [1.807, 2.05) is 6.92 Å². The summed E-state index contributed by atoms with van der Waals surface area (Å²) < 4.78 is 5.35. The van der Waals surface area contributed by atoms with Crippen molar-refractivity contribution in [3.05, 3.63) is 0 Å². The number of hydrogen-bond donors (Lipinski definition) is 1. The van der Waals surface area contributed by atoms with Gasteiger partial charge >= 0.3 is 5.97 Å². The van der Waals surface area contributed by atoms with Crippen molar-refractivity contribution in [1.29, 1.82) is 0 Å². The summed E-state index contributed by atoms with van der Waals surface area (Å²) >= 11 is 0. The van der Waals surface area contributed by atoms with E-state index in [9.17, 15) is 9.59 Å². The summed E-state index contributed by atoms with van der Waals surface area (Å²) in [6.45, 7) is 7.06. The van der Waals surface area contributed by atoms with Crippen LogP contribution in [0.5, 0.6) is 0 Å². The van der Waals surface area contributed by atoms with Crippen LogP contribution in [0.3, 0.4) is 0 Å². The molecule has 4 heteroatoms. The molecule has 4 nitrogen and oxygen atoms in total. The molecule has 0 aliphatic carbocycles. The van der Waals surface area contributed by atoms with E-state index in [4.69, 9.17) is 4.74 Å². The average Bonchev–Trinajstić information content (AvgIpc) is 2.50. The number of carbonyl (C=O) groups is 2. The van der Waals surface area contributed by atoms with Gasteiger partial charge in [0, 0.05) is 13.8 Å². The number of carbonyl (C=O) groups excluding carboxylic acids is 2. The molecular weight excluding hydrogens is 302 g/mol. The van der Waals surface area contributed by atoms with Crippen LogP contribution in [0.15, 0.2) is 0 Å². The summed E-state index contributed by atoms with van der Waals surface area (Å²) in [6, 6.07) is -0.130. The van der Waals surface area contributed by atoms with E-state index >= 15 is 0 Å². The van der Waals surface area contributed by atoms with Crippen LogP contribution in [0.1, 0.15) is 105 Å². The van der Waals surface area contributed by atoms with Gasteiger partial charge in [0.25, 0.3) is 0 Å². The topological polar surface area (TPSA) is 55.4 Å². The highest BCUT2D eigenvalue weighted by molar-refractivity contribution is 5.73. The molecule has 1 amide bonds. The number of rotatable bonds is 15. The second-order valence-electron chi connectivity index (χ2n) is 6.96. The van der Waals surface area contributed by atoms with E-state index in [2.05, 4.69) is 12.2 Å². The minimum atomic E-state index is -0.278. The van der Waals surface area contributed by atoms with Gasteiger partial charge in [-0.05, 0) is 19.8 Å². The molecule has 0 spiro atoms. The Morgan fingerprint density at radius 1 is 0.833 bits per heavy atom. The second-order valence-corrected chi connectivity index (χ2v) is 6.96. The Morgan fingerprint density at radius 2 is 1.29 bits per heavy atom. The highest BCUT2D eigenvalue weighted by Gasteiger charge is 2.20. The zero-order chi connectivity index (χ0) is 18.2. The molecular formula is C20H39NO3. The van der Waals surface area contributed by atoms with E-state index < -0.39 is 0 Å². The van der Waals surface area contributed by atoms with Gasteiger partial charge in [0.05, 0.1) is 6.04 Å². The number of unbranched alkanes of at least 4 members (excludes halogenated alkanes) is 10. The van der Waals surface area contributed by atoms with Crippen LogP contribution in [0.2, 0.25) is 0 Å². The molecule has 0 aromatic carbocycles. The molecule has 0 unspecified atom stereocenters. The number of amides is 1. The van der Waals surface area contributed by atoms with E-state index in [0.29, 0.717) is 0 Å². The lowest BCUT2D eigenvalue weighted by molar-refractivity contribution is -0.148. The third-order valence-corrected chi connectivity index (χ3v) is 4.40. The molecule has 0 aromatic heterocycles. The minimum Gasteiger partial charge on any atom is -0.460 e. The van der Waals surface area contributed by atoms with Gasteiger partial charge in [0.15, 0.2) is 0 Å². The normalized spacial score (nSPS) is 13.3. The molecule has 0 aliphatic heterocycles. The Labute approximate surface area is 149 Å². The summed E-state index contributed by atoms with van der Waals surface area (Å²) in [5.74, 6) is -0.362. The summed E-state index contributed by atoms with van der Waals surface area (Å²) in [4.78, 5) is 22.4. The van der Waals surface area contributed by atoms with Gasteiger partial charge < -0.3 is 10.1 Å². The lowest BCUT2D eigenvalue weighted by Crippen LogP contribution is -2.42. The van der Waals surface area contributed by atoms with E-state index in [-0.39, 0.29) is 24.0 Å². The van der Waals surface area contributed by atoms with Crippen LogP contribution >= 0.6 is 0 Å². The molecule has 1 N–H and O–H groups in total. The molecule has 0 aromatic rings. The fraction of sp³-hybridized carbons (Fsp3) is 0.900. The second kappa shape index (κ2) is 15.5. The Kier molecular flexibility index (Phi) is 14.8. The maximum Gasteiger partial charge on any atom is 0.302 e. The van der Waals surface area contributed by atoms with Crippen LogP contribution in [-0.2, 0) is 14.3 Å². The quantitative estimate of drug-likeness (QED) is 0.331. The van der Waals surface area contributed by atoms with Crippen molar-refractivity contribution in [3.63, 3.8) is 0 Å². The minimum absolute atomic E-state index is 0.0846. The zero-order valence-corrected chi connectivity index (χ0v) is 16.4. The predicted octanol–water partition coefficient (Wildman–Crippen LogP) is 5.14. The van der Waals surface area contributed by atoms with E-state index in [0.717, 1.165) is 12.8 Å². The number of hydrogen-bond acceptors (Lipinski definition) is 3. The smallest absolute Gasteiger partial charge is 0.302 e. The SMILES string of the molecule is CCCCCCCCCCCCC[C@@H](OC(C)=O)[C@H](C)NC(C)=O. The molecule has 0 rings (SSSR count). The molecule has 0 radical (unpaired) electrons. The van der Waals surface area contributed by atoms with Crippen LogP contribution in [0.25, 0.3) is 0 Å². The molecule has 0 saturated heterocycles. The Morgan fingerprint density at radius 3 is 1.71 bits per heavy atom. The van der Waals surface area contributed by atoms with Gasteiger partial charge in [-0.25, -0.2) is 0 Å². The molecule has 0 bridgehead atoms. The van der Waals surface area contributed by atoms with Crippen LogP contribution in [-0.4, -0.2) is 24.0 Å². The largest absolute Gasteiger partial charge is 0.460 e. The standard InChI is InChI=1S/C20H39NO3/c1-5-6-7-8-9-10-11-12-13-14-15-16-20(24-19(4)23)17(2)21-18(3)22/h17,20H,5-16H2,1-4H3,(H,21,22)/t17-,20+/m0/s1. The van der Waals surface area contributed by atoms with Gasteiger partial charge in [-0.1, -0.05) is 71.1 Å². The average molecular weight is 342 g/mol. The van der Waals surface area contributed by atoms with E-state index in [1.54, 1.807) is 0 Å². The summed E-state index contributed by atoms with van der Waals surface area (Å²) in [7, 11) is 0. The first-order valence-corrected chi connectivity index (χ1v) is 9.91. The molecule has 0 aliphatic rings. The lowest BCUT2D eigenvalue weighted by Gasteiger charge is -2.24. The molecule has 142 valence electrons. The van der Waals surface area contributed by atoms with Gasteiger partial charge in [0.2, 0.25) is 5.91 Å². The van der Waals surface area contributed by atoms with Crippen LogP contribution in [0.4, 0.5) is 0 Å². The van der Waals surface area contributed by atoms with Crippen molar-refractivity contribution < 1.29 is 14.3 Å². The molecule has 24 heavy (non-hydrogen) atoms. The lowest BCUT2D eigenvalue weighted by atomic mass is 10.0. The van der Waals surface area contributed by atoms with Crippen LogP contribution in [0, 0.1) is 0 Å². The monoisotopic (exact) mass is 341 g/mol. The van der Waals surface area contributed by atoms with E-state index in [1.165, 1.54) is 78.1 Å². The number of nitrogens with one attached hydrogen (secondary N) is 1. The Hall–Kier alpha value is -1.06. The van der Waals surface area contributed by atoms with Gasteiger partial charge in [-0.2, -0.15) is 0 Å². The Balaban J connectivity index is 3.69. The summed E-state index contributed by atoms with van der Waals surface area (Å²) in [6.07, 6.45) is 14.9. The zero-order valence-electron chi connectivity index (χ0n) is 16.4. The first-order chi connectivity index (χ1) is 11.5. The highest BCUT2D eigenvalue weighted by atomic mass is 16.5. The maximum absolute atomic E-state index is 11.2. The highest BCUT2D eigenvalue weighted by Crippen LogP contribution is 2.15. The van der Waals surface area contributed by atoms with Crippen molar-refractivity contribution in [1.82, 2.24) is 5.32 Å². The van der Waals surface area contributed by atoms with Gasteiger partial charge in [0.1, 0.15) is 6.10 Å². The molecule has 0 heterocycles. The number of ether oxygens (including phenoxy) is 1. The molecule has 0 saturated carbocycles. The molecule has 0 fully saturated rings. The fourth-order valence-electron chi connectivity index (χ4n) is 3.05. The first kappa shape index (κ1) is 22.9. The number of esters is 1. The molecule has 2 atom stereocenters.